The van der Waals surface area contributed by atoms with Gasteiger partial charge in [0.2, 0.25) is 0 Å². The summed E-state index contributed by atoms with van der Waals surface area (Å²) in [6.45, 7) is 6.23. The molecule has 112 valence electrons. The lowest BCUT2D eigenvalue weighted by Crippen LogP contribution is -2.10. The van der Waals surface area contributed by atoms with Crippen molar-refractivity contribution in [3.05, 3.63) is 45.1 Å². The number of nitrogen functional groups attached to an aromatic ring is 1. The van der Waals surface area contributed by atoms with Gasteiger partial charge in [-0.1, -0.05) is 38.4 Å². The average Bonchev–Trinajstić information content (AvgIpc) is 2.65. The van der Waals surface area contributed by atoms with Crippen molar-refractivity contribution in [3.63, 3.8) is 0 Å². The summed E-state index contributed by atoms with van der Waals surface area (Å²) in [5.74, 6) is 0.288. The fourth-order valence-electron chi connectivity index (χ4n) is 2.01. The molecule has 0 spiro atoms. The molecule has 0 bridgehead atoms. The summed E-state index contributed by atoms with van der Waals surface area (Å²) in [6.07, 6.45) is 0.665. The monoisotopic (exact) mass is 308 g/mol. The zero-order valence-corrected chi connectivity index (χ0v) is 12.9. The van der Waals surface area contributed by atoms with Crippen molar-refractivity contribution in [1.29, 1.82) is 0 Å². The van der Waals surface area contributed by atoms with Crippen molar-refractivity contribution in [2.75, 3.05) is 5.73 Å². The van der Waals surface area contributed by atoms with Crippen LogP contribution in [0.15, 0.2) is 24.3 Å². The highest BCUT2D eigenvalue weighted by Crippen LogP contribution is 2.31. The Kier molecular flexibility index (Phi) is 3.91. The molecule has 6 nitrogen and oxygen atoms in total. The lowest BCUT2D eigenvalue weighted by molar-refractivity contribution is -0.384. The van der Waals surface area contributed by atoms with Crippen LogP contribution in [0, 0.1) is 15.5 Å². The molecule has 0 aliphatic heterocycles. The fourth-order valence-corrected chi connectivity index (χ4v) is 2.19. The molecule has 2 N–H and O–H groups in total. The molecule has 0 radical (unpaired) electrons. The summed E-state index contributed by atoms with van der Waals surface area (Å²) in [6, 6.07) is 6.13. The Morgan fingerprint density at radius 2 is 2.10 bits per heavy atom. The van der Waals surface area contributed by atoms with Crippen molar-refractivity contribution in [2.24, 2.45) is 5.41 Å². The highest BCUT2D eigenvalue weighted by Gasteiger charge is 2.21. The van der Waals surface area contributed by atoms with Crippen LogP contribution in [0.2, 0.25) is 5.02 Å². The molecule has 0 saturated carbocycles. The average molecular weight is 309 g/mol. The minimum atomic E-state index is -0.457. The second kappa shape index (κ2) is 5.37. The van der Waals surface area contributed by atoms with E-state index in [0.717, 1.165) is 0 Å². The first-order valence-corrected chi connectivity index (χ1v) is 6.84. The van der Waals surface area contributed by atoms with Crippen molar-refractivity contribution in [2.45, 2.75) is 27.2 Å². The summed E-state index contributed by atoms with van der Waals surface area (Å²) in [7, 11) is 0. The first-order chi connectivity index (χ1) is 9.69. The number of hydrogen-bond acceptors (Lipinski definition) is 4. The molecule has 1 aromatic heterocycles. The number of benzene rings is 1. The summed E-state index contributed by atoms with van der Waals surface area (Å²) in [5, 5.41) is 15.6. The third-order valence-corrected chi connectivity index (χ3v) is 3.32. The first-order valence-electron chi connectivity index (χ1n) is 6.47. The van der Waals surface area contributed by atoms with Crippen LogP contribution >= 0.6 is 11.6 Å². The Morgan fingerprint density at radius 1 is 1.43 bits per heavy atom. The number of nitro benzene ring substituents is 1. The molecule has 0 saturated heterocycles. The number of nitro groups is 1. The number of aromatic nitrogens is 2. The molecular formula is C14H17ClN4O2. The molecule has 0 fully saturated rings. The van der Waals surface area contributed by atoms with Gasteiger partial charge in [-0.2, -0.15) is 5.10 Å². The van der Waals surface area contributed by atoms with E-state index in [2.05, 4.69) is 25.9 Å². The van der Waals surface area contributed by atoms with E-state index in [9.17, 15) is 10.1 Å². The molecule has 0 aliphatic rings. The van der Waals surface area contributed by atoms with Gasteiger partial charge < -0.3 is 5.73 Å². The number of rotatable bonds is 3. The van der Waals surface area contributed by atoms with E-state index < -0.39 is 4.92 Å². The van der Waals surface area contributed by atoms with Crippen molar-refractivity contribution in [1.82, 2.24) is 9.78 Å². The van der Waals surface area contributed by atoms with Crippen LogP contribution in [0.4, 0.5) is 11.5 Å². The van der Waals surface area contributed by atoms with E-state index in [0.29, 0.717) is 22.8 Å². The Hall–Kier alpha value is -2.08. The largest absolute Gasteiger partial charge is 0.382 e. The zero-order chi connectivity index (χ0) is 15.8. The van der Waals surface area contributed by atoms with Crippen LogP contribution in [-0.2, 0) is 6.42 Å². The predicted molar refractivity (Wildman–Crippen MR) is 82.8 cm³/mol. The molecule has 0 atom stereocenters. The topological polar surface area (TPSA) is 87.0 Å². The van der Waals surface area contributed by atoms with Crippen LogP contribution in [0.25, 0.3) is 5.69 Å². The molecule has 21 heavy (non-hydrogen) atoms. The standard InChI is InChI=1S/C14H17ClN4O2/c1-14(2,3)8-11-12(15)13(16)18(17-11)9-5-4-6-10(7-9)19(20)21/h4-7H,8,16H2,1-3H3. The third-order valence-electron chi connectivity index (χ3n) is 2.91. The molecule has 0 unspecified atom stereocenters. The molecule has 2 rings (SSSR count). The van der Waals surface area contributed by atoms with Crippen molar-refractivity contribution < 1.29 is 4.92 Å². The molecular weight excluding hydrogens is 292 g/mol. The SMILES string of the molecule is CC(C)(C)Cc1nn(-c2cccc([N+](=O)[O-])c2)c(N)c1Cl. The summed E-state index contributed by atoms with van der Waals surface area (Å²) >= 11 is 6.23. The molecule has 1 heterocycles. The smallest absolute Gasteiger partial charge is 0.271 e. The minimum Gasteiger partial charge on any atom is -0.382 e. The van der Waals surface area contributed by atoms with Gasteiger partial charge in [0.15, 0.2) is 0 Å². The fraction of sp³-hybridized carbons (Fsp3) is 0.357. The second-order valence-electron chi connectivity index (χ2n) is 6.07. The minimum absolute atomic E-state index is 0.0119. The van der Waals surface area contributed by atoms with Gasteiger partial charge in [-0.3, -0.25) is 10.1 Å². The van der Waals surface area contributed by atoms with Crippen LogP contribution in [0.1, 0.15) is 26.5 Å². The number of nitrogens with zero attached hydrogens (tertiary/aromatic N) is 3. The maximum atomic E-state index is 10.8. The highest BCUT2D eigenvalue weighted by atomic mass is 35.5. The van der Waals surface area contributed by atoms with Gasteiger partial charge in [0.25, 0.3) is 5.69 Å². The Morgan fingerprint density at radius 3 is 2.67 bits per heavy atom. The van der Waals surface area contributed by atoms with E-state index >= 15 is 0 Å². The van der Waals surface area contributed by atoms with Gasteiger partial charge in [-0.05, 0) is 17.9 Å². The van der Waals surface area contributed by atoms with E-state index in [1.54, 1.807) is 12.1 Å². The second-order valence-corrected chi connectivity index (χ2v) is 6.45. The lowest BCUT2D eigenvalue weighted by Gasteiger charge is -2.16. The summed E-state index contributed by atoms with van der Waals surface area (Å²) < 4.78 is 1.44. The van der Waals surface area contributed by atoms with E-state index in [1.807, 2.05) is 0 Å². The number of non-ortho nitro benzene ring substituents is 1. The van der Waals surface area contributed by atoms with Gasteiger partial charge >= 0.3 is 0 Å². The summed E-state index contributed by atoms with van der Waals surface area (Å²) in [4.78, 5) is 10.4. The number of nitrogens with two attached hydrogens (primary N) is 1. The molecule has 2 aromatic rings. The Balaban J connectivity index is 2.48. The number of halogens is 1. The van der Waals surface area contributed by atoms with Crippen LogP contribution in [0.3, 0.4) is 0 Å². The number of anilines is 1. The van der Waals surface area contributed by atoms with Crippen LogP contribution in [-0.4, -0.2) is 14.7 Å². The summed E-state index contributed by atoms with van der Waals surface area (Å²) in [5.41, 5.74) is 7.18. The first kappa shape index (κ1) is 15.3. The highest BCUT2D eigenvalue weighted by molar-refractivity contribution is 6.33. The van der Waals surface area contributed by atoms with Crippen molar-refractivity contribution >= 4 is 23.1 Å². The Labute approximate surface area is 127 Å². The number of hydrogen-bond donors (Lipinski definition) is 1. The normalized spacial score (nSPS) is 11.6. The van der Waals surface area contributed by atoms with E-state index in [4.69, 9.17) is 17.3 Å². The van der Waals surface area contributed by atoms with Gasteiger partial charge in [0, 0.05) is 12.1 Å². The molecule has 0 aliphatic carbocycles. The zero-order valence-electron chi connectivity index (χ0n) is 12.1. The van der Waals surface area contributed by atoms with Crippen LogP contribution < -0.4 is 5.73 Å². The quantitative estimate of drug-likeness (QED) is 0.693. The van der Waals surface area contributed by atoms with Gasteiger partial charge in [0.05, 0.1) is 16.3 Å². The molecule has 7 heteroatoms. The third kappa shape index (κ3) is 3.33. The maximum Gasteiger partial charge on any atom is 0.271 e. The van der Waals surface area contributed by atoms with Crippen LogP contribution in [0.5, 0.6) is 0 Å². The lowest BCUT2D eigenvalue weighted by atomic mass is 9.91. The Bertz CT molecular complexity index is 689. The van der Waals surface area contributed by atoms with Crippen molar-refractivity contribution in [3.8, 4) is 5.69 Å². The van der Waals surface area contributed by atoms with E-state index in [1.165, 1.54) is 16.8 Å². The van der Waals surface area contributed by atoms with Gasteiger partial charge in [-0.25, -0.2) is 4.68 Å². The van der Waals surface area contributed by atoms with E-state index in [-0.39, 0.29) is 16.9 Å². The van der Waals surface area contributed by atoms with Gasteiger partial charge in [0.1, 0.15) is 10.8 Å². The molecule has 0 amide bonds. The van der Waals surface area contributed by atoms with Gasteiger partial charge in [-0.15, -0.1) is 0 Å². The maximum absolute atomic E-state index is 10.8. The molecule has 1 aromatic carbocycles. The predicted octanol–water partition coefficient (Wildman–Crippen LogP) is 3.60.